The molecule has 2 N–H and O–H groups in total. The second kappa shape index (κ2) is 15.2. The van der Waals surface area contributed by atoms with Gasteiger partial charge in [0.2, 0.25) is 24.1 Å². The Hall–Kier alpha value is -3.80. The van der Waals surface area contributed by atoms with Crippen molar-refractivity contribution in [1.82, 2.24) is 20.3 Å². The number of piperazine rings is 1. The van der Waals surface area contributed by atoms with Crippen LogP contribution < -0.4 is 15.5 Å². The number of aromatic nitrogens is 1. The van der Waals surface area contributed by atoms with Crippen LogP contribution in [0.15, 0.2) is 29.0 Å². The number of benzene rings is 1. The first kappa shape index (κ1) is 33.6. The van der Waals surface area contributed by atoms with Crippen molar-refractivity contribution >= 4 is 35.5 Å². The van der Waals surface area contributed by atoms with Crippen molar-refractivity contribution in [2.45, 2.75) is 95.6 Å². The molecule has 2 aliphatic carbocycles. The van der Waals surface area contributed by atoms with Crippen LogP contribution in [0.3, 0.4) is 0 Å². The van der Waals surface area contributed by atoms with Gasteiger partial charge in [-0.25, -0.2) is 4.39 Å². The second-order valence-electron chi connectivity index (χ2n) is 13.1. The molecule has 0 bridgehead atoms. The molecule has 2 heterocycles. The van der Waals surface area contributed by atoms with Crippen molar-refractivity contribution in [3.63, 3.8) is 0 Å². The number of nitrogens with one attached hydrogen (secondary N) is 2. The Morgan fingerprint density at radius 1 is 1.09 bits per heavy atom. The SMILES string of the molecule is CCC(=O)N[C@@H](C(=O)N1CCN(C)CC1)[C@@H](C)c1ccc(NC(=O)[C@H](C2CCCCCC2)N(C=O)c2conc2C2CC2)c(F)c1. The second-order valence-corrected chi connectivity index (χ2v) is 13.1. The molecule has 5 rings (SSSR count). The zero-order valence-electron chi connectivity index (χ0n) is 27.2. The van der Waals surface area contributed by atoms with Gasteiger partial charge in [0.1, 0.15) is 35.5 Å². The molecule has 1 aromatic heterocycles. The van der Waals surface area contributed by atoms with Crippen LogP contribution in [0.1, 0.15) is 94.7 Å². The summed E-state index contributed by atoms with van der Waals surface area (Å²) in [6.45, 7) is 6.09. The minimum atomic E-state index is -0.861. The maximum Gasteiger partial charge on any atom is 0.247 e. The van der Waals surface area contributed by atoms with E-state index in [-0.39, 0.29) is 35.8 Å². The molecule has 46 heavy (non-hydrogen) atoms. The van der Waals surface area contributed by atoms with Gasteiger partial charge in [0, 0.05) is 44.4 Å². The van der Waals surface area contributed by atoms with E-state index < -0.39 is 29.7 Å². The average Bonchev–Trinajstić information content (AvgIpc) is 3.85. The number of nitrogens with zero attached hydrogens (tertiary/aromatic N) is 4. The first-order valence-electron chi connectivity index (χ1n) is 16.8. The fourth-order valence-corrected chi connectivity index (χ4v) is 6.75. The van der Waals surface area contributed by atoms with Crippen LogP contribution in [-0.2, 0) is 19.2 Å². The smallest absolute Gasteiger partial charge is 0.247 e. The van der Waals surface area contributed by atoms with Gasteiger partial charge in [-0.15, -0.1) is 0 Å². The van der Waals surface area contributed by atoms with Crippen molar-refractivity contribution in [3.8, 4) is 0 Å². The molecule has 12 heteroatoms. The van der Waals surface area contributed by atoms with Gasteiger partial charge in [0.15, 0.2) is 0 Å². The Labute approximate surface area is 270 Å². The minimum absolute atomic E-state index is 0.0160. The molecule has 0 spiro atoms. The summed E-state index contributed by atoms with van der Waals surface area (Å²) >= 11 is 0. The molecule has 11 nitrogen and oxygen atoms in total. The summed E-state index contributed by atoms with van der Waals surface area (Å²) in [5.74, 6) is -2.02. The van der Waals surface area contributed by atoms with Crippen molar-refractivity contribution in [3.05, 3.63) is 41.5 Å². The normalized spacial score (nSPS) is 19.9. The molecule has 1 saturated heterocycles. The summed E-state index contributed by atoms with van der Waals surface area (Å²) in [4.78, 5) is 57.9. The summed E-state index contributed by atoms with van der Waals surface area (Å²) in [6, 6.07) is 2.75. The molecule has 250 valence electrons. The lowest BCUT2D eigenvalue weighted by atomic mass is 9.89. The van der Waals surface area contributed by atoms with Gasteiger partial charge in [-0.3, -0.25) is 24.1 Å². The topological polar surface area (TPSA) is 128 Å². The summed E-state index contributed by atoms with van der Waals surface area (Å²) in [7, 11) is 2.00. The van der Waals surface area contributed by atoms with Crippen LogP contribution >= 0.6 is 0 Å². The van der Waals surface area contributed by atoms with E-state index in [0.717, 1.165) is 64.5 Å². The van der Waals surface area contributed by atoms with Gasteiger partial charge in [-0.2, -0.15) is 0 Å². The Bertz CT molecular complexity index is 1380. The minimum Gasteiger partial charge on any atom is -0.362 e. The Morgan fingerprint density at radius 2 is 1.78 bits per heavy atom. The highest BCUT2D eigenvalue weighted by atomic mass is 19.1. The average molecular weight is 639 g/mol. The maximum atomic E-state index is 15.8. The number of halogens is 1. The lowest BCUT2D eigenvalue weighted by Gasteiger charge is -2.36. The van der Waals surface area contributed by atoms with Crippen LogP contribution in [0.2, 0.25) is 0 Å². The molecule has 2 aromatic rings. The van der Waals surface area contributed by atoms with E-state index in [1.165, 1.54) is 23.3 Å². The Morgan fingerprint density at radius 3 is 2.39 bits per heavy atom. The molecular weight excluding hydrogens is 591 g/mol. The maximum absolute atomic E-state index is 15.8. The highest BCUT2D eigenvalue weighted by molar-refractivity contribution is 6.01. The summed E-state index contributed by atoms with van der Waals surface area (Å²) < 4.78 is 21.0. The molecule has 4 amide bonds. The van der Waals surface area contributed by atoms with Gasteiger partial charge in [0.25, 0.3) is 0 Å². The zero-order chi connectivity index (χ0) is 32.8. The van der Waals surface area contributed by atoms with E-state index in [0.29, 0.717) is 36.4 Å². The van der Waals surface area contributed by atoms with Gasteiger partial charge < -0.3 is 25.0 Å². The molecular formula is C34H47FN6O5. The van der Waals surface area contributed by atoms with E-state index in [1.807, 2.05) is 7.05 Å². The number of likely N-dealkylation sites (N-methyl/N-ethyl adjacent to an activating group) is 1. The van der Waals surface area contributed by atoms with Crippen LogP contribution in [0.25, 0.3) is 0 Å². The number of hydrogen-bond donors (Lipinski definition) is 2. The highest BCUT2D eigenvalue weighted by Gasteiger charge is 2.39. The van der Waals surface area contributed by atoms with Gasteiger partial charge in [0.05, 0.1) is 5.69 Å². The van der Waals surface area contributed by atoms with Crippen molar-refractivity contribution in [1.29, 1.82) is 0 Å². The van der Waals surface area contributed by atoms with Crippen molar-refractivity contribution in [2.75, 3.05) is 43.4 Å². The molecule has 0 radical (unpaired) electrons. The van der Waals surface area contributed by atoms with Crippen LogP contribution in [-0.4, -0.2) is 84.4 Å². The number of carbonyl (C=O) groups excluding carboxylic acids is 4. The fourth-order valence-electron chi connectivity index (χ4n) is 6.75. The lowest BCUT2D eigenvalue weighted by molar-refractivity contribution is -0.138. The standard InChI is InChI=1S/C34H47FN6O5/c1-4-29(43)37-30(34(45)40-17-15-39(3)16-18-40)22(2)25-13-14-27(26(35)19-25)36-33(44)32(24-9-7-5-6-8-10-24)41(21-42)28-20-46-38-31(28)23-11-12-23/h13-14,19-24,30,32H,4-12,15-18H2,1-3H3,(H,36,44)(H,37,43)/t22-,30+,32-/m0/s1. The molecule has 0 unspecified atom stereocenters. The van der Waals surface area contributed by atoms with Crippen LogP contribution in [0.4, 0.5) is 15.8 Å². The number of rotatable bonds is 12. The van der Waals surface area contributed by atoms with Gasteiger partial charge in [-0.1, -0.05) is 50.8 Å². The van der Waals surface area contributed by atoms with Crippen molar-refractivity contribution < 1.29 is 28.1 Å². The lowest BCUT2D eigenvalue weighted by Crippen LogP contribution is -2.55. The number of hydrogen-bond acceptors (Lipinski definition) is 7. The molecule has 3 atom stereocenters. The highest BCUT2D eigenvalue weighted by Crippen LogP contribution is 2.44. The first-order valence-corrected chi connectivity index (χ1v) is 16.8. The fraction of sp³-hybridized carbons (Fsp3) is 0.618. The number of anilines is 2. The largest absolute Gasteiger partial charge is 0.362 e. The summed E-state index contributed by atoms with van der Waals surface area (Å²) in [5, 5.41) is 9.76. The van der Waals surface area contributed by atoms with Crippen LogP contribution in [0, 0.1) is 11.7 Å². The predicted octanol–water partition coefficient (Wildman–Crippen LogP) is 4.40. The first-order chi connectivity index (χ1) is 22.2. The Kier molecular flexibility index (Phi) is 11.1. The van der Waals surface area contributed by atoms with Crippen molar-refractivity contribution in [2.24, 2.45) is 5.92 Å². The molecule has 3 aliphatic rings. The van der Waals surface area contributed by atoms with E-state index in [4.69, 9.17) is 4.52 Å². The van der Waals surface area contributed by atoms with Gasteiger partial charge >= 0.3 is 0 Å². The van der Waals surface area contributed by atoms with E-state index in [9.17, 15) is 19.2 Å². The van der Waals surface area contributed by atoms with E-state index in [2.05, 4.69) is 20.7 Å². The molecule has 3 fully saturated rings. The number of amides is 4. The summed E-state index contributed by atoms with van der Waals surface area (Å²) in [6.07, 6.45) is 9.79. The van der Waals surface area contributed by atoms with Gasteiger partial charge in [-0.05, 0) is 56.3 Å². The Balaban J connectivity index is 1.37. The molecule has 1 aliphatic heterocycles. The number of carbonyl (C=O) groups is 4. The third-order valence-electron chi connectivity index (χ3n) is 9.84. The van der Waals surface area contributed by atoms with Crippen LogP contribution in [0.5, 0.6) is 0 Å². The van der Waals surface area contributed by atoms with E-state index in [1.54, 1.807) is 24.8 Å². The monoisotopic (exact) mass is 638 g/mol. The third kappa shape index (κ3) is 7.76. The third-order valence-corrected chi connectivity index (χ3v) is 9.84. The zero-order valence-corrected chi connectivity index (χ0v) is 27.2. The van der Waals surface area contributed by atoms with E-state index >= 15 is 4.39 Å². The molecule has 1 aromatic carbocycles. The summed E-state index contributed by atoms with van der Waals surface area (Å²) in [5.41, 5.74) is 1.68. The quantitative estimate of drug-likeness (QED) is 0.261. The molecule has 2 saturated carbocycles. The predicted molar refractivity (Wildman–Crippen MR) is 172 cm³/mol.